The Morgan fingerprint density at radius 1 is 1.63 bits per heavy atom. The molecule has 2 atom stereocenters. The van der Waals surface area contributed by atoms with Crippen LogP contribution in [-0.2, 0) is 0 Å². The largest absolute Gasteiger partial charge is 0.363 e. The average molecular weight is 264 g/mol. The van der Waals surface area contributed by atoms with Crippen molar-refractivity contribution in [3.05, 3.63) is 28.4 Å². The lowest BCUT2D eigenvalue weighted by atomic mass is 9.73. The van der Waals surface area contributed by atoms with Gasteiger partial charge in [0.15, 0.2) is 0 Å². The molecule has 0 spiro atoms. The highest BCUT2D eigenvalue weighted by atomic mass is 16.6. The van der Waals surface area contributed by atoms with Crippen molar-refractivity contribution in [2.75, 3.05) is 11.9 Å². The monoisotopic (exact) mass is 264 g/mol. The van der Waals surface area contributed by atoms with Crippen molar-refractivity contribution in [1.29, 1.82) is 0 Å². The summed E-state index contributed by atoms with van der Waals surface area (Å²) in [5.41, 5.74) is 5.81. The van der Waals surface area contributed by atoms with Gasteiger partial charge in [0.05, 0.1) is 16.5 Å². The maximum Gasteiger partial charge on any atom is 0.274 e. The van der Waals surface area contributed by atoms with Crippen molar-refractivity contribution in [2.24, 2.45) is 11.7 Å². The first-order valence-corrected chi connectivity index (χ1v) is 6.66. The topological polar surface area (TPSA) is 94.1 Å². The van der Waals surface area contributed by atoms with E-state index in [1.54, 1.807) is 0 Å². The zero-order valence-electron chi connectivity index (χ0n) is 11.1. The lowest BCUT2D eigenvalue weighted by Crippen LogP contribution is -2.52. The molecule has 2 unspecified atom stereocenters. The number of hydrogen-bond acceptors (Lipinski definition) is 5. The smallest absolute Gasteiger partial charge is 0.274 e. The number of aromatic nitrogens is 1. The van der Waals surface area contributed by atoms with E-state index in [0.29, 0.717) is 18.3 Å². The maximum absolute atomic E-state index is 10.8. The lowest BCUT2D eigenvalue weighted by molar-refractivity contribution is -0.384. The van der Waals surface area contributed by atoms with Crippen LogP contribution in [0.2, 0.25) is 0 Å². The second-order valence-corrected chi connectivity index (χ2v) is 5.29. The second kappa shape index (κ2) is 5.52. The third-order valence-electron chi connectivity index (χ3n) is 4.15. The van der Waals surface area contributed by atoms with Gasteiger partial charge in [0.2, 0.25) is 0 Å². The summed E-state index contributed by atoms with van der Waals surface area (Å²) in [6, 6.07) is 2.86. The lowest BCUT2D eigenvalue weighted by Gasteiger charge is -2.43. The fraction of sp³-hybridized carbons (Fsp3) is 0.615. The molecule has 104 valence electrons. The van der Waals surface area contributed by atoms with Crippen molar-refractivity contribution in [2.45, 2.75) is 38.1 Å². The van der Waals surface area contributed by atoms with Gasteiger partial charge >= 0.3 is 0 Å². The average Bonchev–Trinajstić information content (AvgIpc) is 2.42. The third kappa shape index (κ3) is 2.84. The summed E-state index contributed by atoms with van der Waals surface area (Å²) in [6.07, 6.45) is 5.91. The highest BCUT2D eigenvalue weighted by molar-refractivity contribution is 5.46. The van der Waals surface area contributed by atoms with Crippen molar-refractivity contribution < 1.29 is 4.92 Å². The molecule has 0 aliphatic heterocycles. The molecule has 19 heavy (non-hydrogen) atoms. The Morgan fingerprint density at radius 2 is 2.42 bits per heavy atom. The van der Waals surface area contributed by atoms with Gasteiger partial charge in [0, 0.05) is 18.8 Å². The van der Waals surface area contributed by atoms with Crippen LogP contribution in [0.25, 0.3) is 0 Å². The first kappa shape index (κ1) is 13.7. The van der Waals surface area contributed by atoms with Gasteiger partial charge in [-0.05, 0) is 18.8 Å². The molecular weight excluding hydrogens is 244 g/mol. The Hall–Kier alpha value is -1.69. The summed E-state index contributed by atoms with van der Waals surface area (Å²) in [6.45, 7) is 2.69. The van der Waals surface area contributed by atoms with Gasteiger partial charge in [-0.3, -0.25) is 10.1 Å². The number of anilines is 1. The maximum atomic E-state index is 10.8. The summed E-state index contributed by atoms with van der Waals surface area (Å²) in [7, 11) is 0. The molecule has 1 fully saturated rings. The summed E-state index contributed by atoms with van der Waals surface area (Å²) < 4.78 is 0. The number of pyridine rings is 1. The van der Waals surface area contributed by atoms with Crippen LogP contribution >= 0.6 is 0 Å². The Bertz CT molecular complexity index is 466. The van der Waals surface area contributed by atoms with E-state index in [1.807, 2.05) is 0 Å². The van der Waals surface area contributed by atoms with Crippen LogP contribution in [0, 0.1) is 16.0 Å². The first-order chi connectivity index (χ1) is 9.07. The zero-order chi connectivity index (χ0) is 13.9. The normalized spacial score (nSPS) is 26.9. The second-order valence-electron chi connectivity index (χ2n) is 5.29. The number of nitro groups is 1. The van der Waals surface area contributed by atoms with Crippen molar-refractivity contribution in [1.82, 2.24) is 4.98 Å². The van der Waals surface area contributed by atoms with E-state index in [0.717, 1.165) is 19.3 Å². The predicted octanol–water partition coefficient (Wildman–Crippen LogP) is 2.31. The fourth-order valence-electron chi connectivity index (χ4n) is 2.81. The molecule has 0 bridgehead atoms. The van der Waals surface area contributed by atoms with Crippen molar-refractivity contribution >= 4 is 11.5 Å². The van der Waals surface area contributed by atoms with Crippen molar-refractivity contribution in [3.8, 4) is 0 Å². The van der Waals surface area contributed by atoms with Gasteiger partial charge in [0.1, 0.15) is 5.82 Å². The van der Waals surface area contributed by atoms with Gasteiger partial charge in [-0.1, -0.05) is 19.8 Å². The number of nitrogens with one attached hydrogen (secondary N) is 1. The summed E-state index contributed by atoms with van der Waals surface area (Å²) in [5, 5.41) is 14.1. The molecule has 0 saturated heterocycles. The van der Waals surface area contributed by atoms with E-state index in [2.05, 4.69) is 17.2 Å². The molecule has 6 heteroatoms. The predicted molar refractivity (Wildman–Crippen MR) is 73.9 cm³/mol. The van der Waals surface area contributed by atoms with Gasteiger partial charge < -0.3 is 11.1 Å². The summed E-state index contributed by atoms with van der Waals surface area (Å²) in [4.78, 5) is 14.5. The highest BCUT2D eigenvalue weighted by Gasteiger charge is 2.37. The number of rotatable bonds is 4. The Labute approximate surface area is 112 Å². The van der Waals surface area contributed by atoms with Gasteiger partial charge in [-0.25, -0.2) is 4.98 Å². The van der Waals surface area contributed by atoms with Crippen LogP contribution < -0.4 is 11.1 Å². The molecule has 1 aliphatic rings. The molecule has 0 amide bonds. The van der Waals surface area contributed by atoms with Crippen LogP contribution in [0.15, 0.2) is 18.3 Å². The molecule has 6 nitrogen and oxygen atoms in total. The third-order valence-corrected chi connectivity index (χ3v) is 4.15. The van der Waals surface area contributed by atoms with Crippen LogP contribution in [0.3, 0.4) is 0 Å². The van der Waals surface area contributed by atoms with Gasteiger partial charge in [-0.2, -0.15) is 0 Å². The summed E-state index contributed by atoms with van der Waals surface area (Å²) >= 11 is 0. The minimum Gasteiger partial charge on any atom is -0.363 e. The van der Waals surface area contributed by atoms with Crippen molar-refractivity contribution in [3.63, 3.8) is 0 Å². The summed E-state index contributed by atoms with van der Waals surface area (Å²) in [5.74, 6) is 0.973. The minimum atomic E-state index is -0.410. The van der Waals surface area contributed by atoms with E-state index < -0.39 is 4.92 Å². The fourth-order valence-corrected chi connectivity index (χ4v) is 2.81. The van der Waals surface area contributed by atoms with Gasteiger partial charge in [0.25, 0.3) is 5.69 Å². The first-order valence-electron chi connectivity index (χ1n) is 6.66. The SMILES string of the molecule is CC1CCCCC1(CN)Nc1cc([N+](=O)[O-])ccn1. The Kier molecular flexibility index (Phi) is 3.99. The van der Waals surface area contributed by atoms with Crippen LogP contribution in [0.5, 0.6) is 0 Å². The Morgan fingerprint density at radius 3 is 3.05 bits per heavy atom. The van der Waals surface area contributed by atoms with Crippen LogP contribution in [0.4, 0.5) is 11.5 Å². The van der Waals surface area contributed by atoms with Crippen LogP contribution in [0.1, 0.15) is 32.6 Å². The van der Waals surface area contributed by atoms with E-state index in [4.69, 9.17) is 5.73 Å². The minimum absolute atomic E-state index is 0.0492. The van der Waals surface area contributed by atoms with E-state index in [1.165, 1.54) is 24.8 Å². The number of nitrogens with two attached hydrogens (primary N) is 1. The van der Waals surface area contributed by atoms with E-state index in [9.17, 15) is 10.1 Å². The number of nitrogens with zero attached hydrogens (tertiary/aromatic N) is 2. The Balaban J connectivity index is 2.22. The molecule has 1 aromatic heterocycles. The molecule has 1 aliphatic carbocycles. The molecular formula is C13H20N4O2. The molecule has 0 radical (unpaired) electrons. The molecule has 1 aromatic rings. The molecule has 3 N–H and O–H groups in total. The van der Waals surface area contributed by atoms with Gasteiger partial charge in [-0.15, -0.1) is 0 Å². The number of hydrogen-bond donors (Lipinski definition) is 2. The van der Waals surface area contributed by atoms with E-state index >= 15 is 0 Å². The molecule has 2 rings (SSSR count). The van der Waals surface area contributed by atoms with Crippen LogP contribution in [-0.4, -0.2) is 22.0 Å². The van der Waals surface area contributed by atoms with E-state index in [-0.39, 0.29) is 11.2 Å². The quantitative estimate of drug-likeness (QED) is 0.642. The molecule has 1 saturated carbocycles. The standard InChI is InChI=1S/C13H20N4O2/c1-10-4-2-3-6-13(10,9-14)16-12-8-11(17(18)19)5-7-15-12/h5,7-8,10H,2-4,6,9,14H2,1H3,(H,15,16). The molecule has 0 aromatic carbocycles. The zero-order valence-corrected chi connectivity index (χ0v) is 11.1. The highest BCUT2D eigenvalue weighted by Crippen LogP contribution is 2.35. The molecule has 1 heterocycles.